The Morgan fingerprint density at radius 2 is 1.42 bits per heavy atom. The van der Waals surface area contributed by atoms with Gasteiger partial charge in [-0.15, -0.1) is 13.2 Å². The van der Waals surface area contributed by atoms with Gasteiger partial charge in [0.15, 0.2) is 0 Å². The van der Waals surface area contributed by atoms with E-state index in [1.807, 2.05) is 0 Å². The molecule has 24 heavy (non-hydrogen) atoms. The molecule has 0 bridgehead atoms. The molecule has 4 nitrogen and oxygen atoms in total. The molecular formula is C14H9F6N3O. The summed E-state index contributed by atoms with van der Waals surface area (Å²) in [5.41, 5.74) is -0.0649. The van der Waals surface area contributed by atoms with E-state index in [9.17, 15) is 26.3 Å². The lowest BCUT2D eigenvalue weighted by Gasteiger charge is -2.13. The molecule has 0 saturated carbocycles. The van der Waals surface area contributed by atoms with Crippen LogP contribution < -0.4 is 10.2 Å². The Bertz CT molecular complexity index is 805. The third kappa shape index (κ3) is 4.15. The van der Waals surface area contributed by atoms with Crippen molar-refractivity contribution in [2.24, 2.45) is 0 Å². The van der Waals surface area contributed by atoms with Crippen molar-refractivity contribution in [1.82, 2.24) is 4.57 Å². The number of hydrogen-bond donors (Lipinski definition) is 2. The first-order chi connectivity index (χ1) is 11.0. The molecule has 1 aromatic heterocycles. The van der Waals surface area contributed by atoms with E-state index in [-0.39, 0.29) is 5.56 Å². The molecule has 0 aliphatic heterocycles. The van der Waals surface area contributed by atoms with Crippen molar-refractivity contribution in [2.45, 2.75) is 12.5 Å². The first-order valence-electron chi connectivity index (χ1n) is 6.27. The Morgan fingerprint density at radius 1 is 0.875 bits per heavy atom. The fraction of sp³-hybridized carbons (Fsp3) is 0.143. The van der Waals surface area contributed by atoms with Gasteiger partial charge in [-0.25, -0.2) is 0 Å². The van der Waals surface area contributed by atoms with Crippen molar-refractivity contribution < 1.29 is 31.1 Å². The van der Waals surface area contributed by atoms with Gasteiger partial charge in [0.2, 0.25) is 5.84 Å². The van der Waals surface area contributed by atoms with Crippen molar-refractivity contribution in [3.63, 3.8) is 0 Å². The molecule has 2 aromatic rings. The highest BCUT2D eigenvalue weighted by Gasteiger charge is 2.36. The van der Waals surface area contributed by atoms with Crippen LogP contribution in [0.1, 0.15) is 0 Å². The van der Waals surface area contributed by atoms with Crippen LogP contribution in [-0.4, -0.2) is 22.9 Å². The minimum absolute atomic E-state index is 0.193. The van der Waals surface area contributed by atoms with Crippen LogP contribution >= 0.6 is 0 Å². The largest absolute Gasteiger partial charge is 0.573 e. The highest BCUT2D eigenvalue weighted by molar-refractivity contribution is 5.87. The van der Waals surface area contributed by atoms with E-state index in [4.69, 9.17) is 10.8 Å². The van der Waals surface area contributed by atoms with Gasteiger partial charge < -0.3 is 4.74 Å². The summed E-state index contributed by atoms with van der Waals surface area (Å²) in [6, 6.07) is 6.84. The van der Waals surface area contributed by atoms with Crippen LogP contribution in [0.3, 0.4) is 0 Å². The number of alkyl halides is 6. The molecule has 0 aliphatic carbocycles. The van der Waals surface area contributed by atoms with Gasteiger partial charge in [-0.2, -0.15) is 13.2 Å². The van der Waals surface area contributed by atoms with E-state index in [0.717, 1.165) is 24.4 Å². The molecule has 1 heterocycles. The number of aromatic nitrogens is 1. The fourth-order valence-corrected chi connectivity index (χ4v) is 1.84. The highest BCUT2D eigenvalue weighted by Crippen LogP contribution is 2.26. The van der Waals surface area contributed by atoms with Crippen molar-refractivity contribution in [3.05, 3.63) is 48.1 Å². The maximum Gasteiger partial charge on any atom is 0.573 e. The lowest BCUT2D eigenvalue weighted by Crippen LogP contribution is -2.36. The first kappa shape index (κ1) is 17.6. The van der Waals surface area contributed by atoms with E-state index in [1.54, 1.807) is 0 Å². The van der Waals surface area contributed by atoms with Gasteiger partial charge in [0, 0.05) is 6.20 Å². The lowest BCUT2D eigenvalue weighted by molar-refractivity contribution is -0.274. The number of hydrogen-bond acceptors (Lipinski definition) is 3. The lowest BCUT2D eigenvalue weighted by atomic mass is 10.1. The molecule has 10 heteroatoms. The molecule has 1 aromatic carbocycles. The minimum Gasteiger partial charge on any atom is -0.406 e. The number of nitrogens with one attached hydrogen (secondary N) is 2. The zero-order chi connectivity index (χ0) is 18.1. The summed E-state index contributed by atoms with van der Waals surface area (Å²) in [6.45, 7) is 0. The molecule has 0 atom stereocenters. The zero-order valence-electron chi connectivity index (χ0n) is 11.7. The Hall–Kier alpha value is -2.78. The first-order valence-corrected chi connectivity index (χ1v) is 6.27. The SMILES string of the molecule is N=C(n1cc(-c2ccc(OC(F)(F)F)cc2)ccc1=N)C(F)(F)F. The topological polar surface area (TPSA) is 61.9 Å². The van der Waals surface area contributed by atoms with Crippen LogP contribution in [0.4, 0.5) is 26.3 Å². The normalized spacial score (nSPS) is 12.1. The molecule has 0 fully saturated rings. The van der Waals surface area contributed by atoms with E-state index in [2.05, 4.69) is 4.74 Å². The van der Waals surface area contributed by atoms with Crippen molar-refractivity contribution in [3.8, 4) is 16.9 Å². The van der Waals surface area contributed by atoms with Crippen LogP contribution in [0.2, 0.25) is 0 Å². The summed E-state index contributed by atoms with van der Waals surface area (Å²) in [5, 5.41) is 14.5. The number of rotatable bonds is 2. The monoisotopic (exact) mass is 349 g/mol. The van der Waals surface area contributed by atoms with Gasteiger partial charge in [-0.1, -0.05) is 12.1 Å². The highest BCUT2D eigenvalue weighted by atomic mass is 19.4. The molecule has 0 saturated heterocycles. The second-order valence-electron chi connectivity index (χ2n) is 4.59. The average molecular weight is 349 g/mol. The molecule has 2 N–H and O–H groups in total. The molecule has 0 radical (unpaired) electrons. The Kier molecular flexibility index (Phi) is 4.41. The maximum absolute atomic E-state index is 12.6. The summed E-state index contributed by atoms with van der Waals surface area (Å²) in [5.74, 6) is -2.22. The Morgan fingerprint density at radius 3 is 1.92 bits per heavy atom. The quantitative estimate of drug-likeness (QED) is 0.482. The second-order valence-corrected chi connectivity index (χ2v) is 4.59. The van der Waals surface area contributed by atoms with Crippen molar-refractivity contribution in [1.29, 1.82) is 10.8 Å². The summed E-state index contributed by atoms with van der Waals surface area (Å²) < 4.78 is 78.1. The van der Waals surface area contributed by atoms with Gasteiger partial charge in [0.05, 0.1) is 0 Å². The number of halogens is 6. The number of benzene rings is 1. The number of pyridine rings is 1. The van der Waals surface area contributed by atoms with Gasteiger partial charge in [0.1, 0.15) is 11.2 Å². The van der Waals surface area contributed by atoms with Gasteiger partial charge in [-0.3, -0.25) is 15.4 Å². The smallest absolute Gasteiger partial charge is 0.406 e. The molecular weight excluding hydrogens is 340 g/mol. The summed E-state index contributed by atoms with van der Waals surface area (Å²) in [6.07, 6.45) is -8.87. The Labute approximate surface area is 130 Å². The minimum atomic E-state index is -4.94. The fourth-order valence-electron chi connectivity index (χ4n) is 1.84. The predicted molar refractivity (Wildman–Crippen MR) is 71.6 cm³/mol. The summed E-state index contributed by atoms with van der Waals surface area (Å²) in [4.78, 5) is 0. The van der Waals surface area contributed by atoms with Crippen LogP contribution in [0.15, 0.2) is 42.6 Å². The van der Waals surface area contributed by atoms with Crippen LogP contribution in [0.5, 0.6) is 5.75 Å². The van der Waals surface area contributed by atoms with E-state index >= 15 is 0 Å². The van der Waals surface area contributed by atoms with E-state index in [1.165, 1.54) is 18.2 Å². The van der Waals surface area contributed by atoms with Crippen molar-refractivity contribution in [2.75, 3.05) is 0 Å². The van der Waals surface area contributed by atoms with E-state index in [0.29, 0.717) is 10.1 Å². The molecule has 0 amide bonds. The molecule has 0 unspecified atom stereocenters. The standard InChI is InChI=1S/C14H9F6N3O/c15-13(16,17)12(22)23-7-9(3-6-11(23)21)8-1-4-10(5-2-8)24-14(18,19)20/h1-7,21-22H. The molecule has 128 valence electrons. The van der Waals surface area contributed by atoms with Crippen LogP contribution in [-0.2, 0) is 0 Å². The molecule has 0 aliphatic rings. The van der Waals surface area contributed by atoms with Gasteiger partial charge in [-0.05, 0) is 35.4 Å². The summed E-state index contributed by atoms with van der Waals surface area (Å²) in [7, 11) is 0. The van der Waals surface area contributed by atoms with Crippen molar-refractivity contribution >= 4 is 5.84 Å². The molecule has 0 spiro atoms. The maximum atomic E-state index is 12.6. The zero-order valence-corrected chi connectivity index (χ0v) is 11.7. The summed E-state index contributed by atoms with van der Waals surface area (Å²) >= 11 is 0. The predicted octanol–water partition coefficient (Wildman–Crippen LogP) is 3.92. The van der Waals surface area contributed by atoms with Crippen LogP contribution in [0.25, 0.3) is 11.1 Å². The van der Waals surface area contributed by atoms with Crippen LogP contribution in [0, 0.1) is 10.8 Å². The number of nitrogens with zero attached hydrogens (tertiary/aromatic N) is 1. The molecule has 2 rings (SSSR count). The second kappa shape index (κ2) is 6.02. The Balaban J connectivity index is 2.37. The van der Waals surface area contributed by atoms with Gasteiger partial charge >= 0.3 is 12.5 Å². The van der Waals surface area contributed by atoms with Gasteiger partial charge in [0.25, 0.3) is 0 Å². The number of ether oxygens (including phenoxy) is 1. The van der Waals surface area contributed by atoms with E-state index < -0.39 is 29.6 Å². The third-order valence-electron chi connectivity index (χ3n) is 2.88. The average Bonchev–Trinajstić information content (AvgIpc) is 2.45. The third-order valence-corrected chi connectivity index (χ3v) is 2.88.